The molecule has 5 nitrogen and oxygen atoms in total. The van der Waals surface area contributed by atoms with E-state index in [2.05, 4.69) is 19.9 Å². The van der Waals surface area contributed by atoms with E-state index >= 15 is 0 Å². The van der Waals surface area contributed by atoms with Gasteiger partial charge < -0.3 is 9.97 Å². The summed E-state index contributed by atoms with van der Waals surface area (Å²) in [6, 6.07) is 5.57. The molecule has 90 valence electrons. The second-order valence-corrected chi connectivity index (χ2v) is 4.26. The zero-order valence-electron chi connectivity index (χ0n) is 10.1. The van der Waals surface area contributed by atoms with Gasteiger partial charge in [0.1, 0.15) is 5.69 Å². The van der Waals surface area contributed by atoms with Gasteiger partial charge in [-0.3, -0.25) is 4.79 Å². The zero-order valence-corrected chi connectivity index (χ0v) is 10.1. The summed E-state index contributed by atoms with van der Waals surface area (Å²) in [5, 5.41) is 0.604. The number of rotatable bonds is 1. The lowest BCUT2D eigenvalue weighted by Crippen LogP contribution is -2.10. The van der Waals surface area contributed by atoms with Crippen molar-refractivity contribution in [1.29, 1.82) is 0 Å². The van der Waals surface area contributed by atoms with Gasteiger partial charge in [-0.1, -0.05) is 12.1 Å². The van der Waals surface area contributed by atoms with Crippen LogP contribution in [0.15, 0.2) is 29.3 Å². The molecule has 2 N–H and O–H groups in total. The fourth-order valence-electron chi connectivity index (χ4n) is 2.01. The van der Waals surface area contributed by atoms with E-state index in [1.165, 1.54) is 0 Å². The molecule has 0 aliphatic carbocycles. The number of aromatic amines is 2. The van der Waals surface area contributed by atoms with Crippen LogP contribution in [-0.2, 0) is 0 Å². The van der Waals surface area contributed by atoms with Crippen molar-refractivity contribution in [1.82, 2.24) is 19.9 Å². The lowest BCUT2D eigenvalue weighted by atomic mass is 10.1. The highest BCUT2D eigenvalue weighted by Crippen LogP contribution is 2.18. The first kappa shape index (κ1) is 10.7. The molecule has 0 atom stereocenters. The smallest absolute Gasteiger partial charge is 0.259 e. The van der Waals surface area contributed by atoms with Crippen LogP contribution in [0.4, 0.5) is 0 Å². The van der Waals surface area contributed by atoms with Gasteiger partial charge in [0.25, 0.3) is 5.56 Å². The van der Waals surface area contributed by atoms with Crippen molar-refractivity contribution in [3.63, 3.8) is 0 Å². The summed E-state index contributed by atoms with van der Waals surface area (Å²) in [5.41, 5.74) is 3.12. The number of nitrogens with zero attached hydrogens (tertiary/aromatic N) is 2. The van der Waals surface area contributed by atoms with Gasteiger partial charge in [0.05, 0.1) is 17.2 Å². The van der Waals surface area contributed by atoms with Gasteiger partial charge >= 0.3 is 0 Å². The van der Waals surface area contributed by atoms with Crippen LogP contribution in [0, 0.1) is 13.8 Å². The normalized spacial score (nSPS) is 11.0. The molecule has 0 unspecified atom stereocenters. The highest BCUT2D eigenvalue weighted by atomic mass is 16.1. The number of fused-ring (bicyclic) bond motifs is 1. The third kappa shape index (κ3) is 1.52. The quantitative estimate of drug-likeness (QED) is 0.682. The molecule has 0 saturated carbocycles. The molecule has 2 heterocycles. The summed E-state index contributed by atoms with van der Waals surface area (Å²) in [6.45, 7) is 3.83. The minimum Gasteiger partial charge on any atom is -0.348 e. The molecule has 3 aromatic rings. The third-order valence-corrected chi connectivity index (χ3v) is 2.99. The first-order chi connectivity index (χ1) is 8.66. The van der Waals surface area contributed by atoms with E-state index in [1.807, 2.05) is 26.0 Å². The molecule has 18 heavy (non-hydrogen) atoms. The van der Waals surface area contributed by atoms with Crippen molar-refractivity contribution in [3.05, 3.63) is 46.1 Å². The molecule has 0 amide bonds. The Morgan fingerprint density at radius 1 is 1.22 bits per heavy atom. The molecular weight excluding hydrogens is 228 g/mol. The maximum Gasteiger partial charge on any atom is 0.259 e. The Morgan fingerprint density at radius 2 is 2.06 bits per heavy atom. The average Bonchev–Trinajstić information content (AvgIpc) is 2.77. The molecule has 0 bridgehead atoms. The van der Waals surface area contributed by atoms with Gasteiger partial charge in [0.2, 0.25) is 0 Å². The summed E-state index contributed by atoms with van der Waals surface area (Å²) in [6.07, 6.45) is 1.59. The fourth-order valence-corrected chi connectivity index (χ4v) is 2.01. The van der Waals surface area contributed by atoms with E-state index in [0.29, 0.717) is 16.9 Å². The number of hydrogen-bond acceptors (Lipinski definition) is 3. The number of benzene rings is 1. The molecule has 0 saturated heterocycles. The van der Waals surface area contributed by atoms with Crippen molar-refractivity contribution in [2.45, 2.75) is 13.8 Å². The van der Waals surface area contributed by atoms with Crippen LogP contribution in [0.3, 0.4) is 0 Å². The van der Waals surface area contributed by atoms with E-state index in [-0.39, 0.29) is 5.56 Å². The first-order valence-corrected chi connectivity index (χ1v) is 5.67. The highest BCUT2D eigenvalue weighted by Gasteiger charge is 2.10. The standard InChI is InChI=1S/C13H12N4O/c1-7-4-3-5-9-10(7)16-12(17-13(9)18)11-8(2)14-6-15-11/h3-6H,1-2H3,(H,14,15)(H,16,17,18). The molecule has 0 radical (unpaired) electrons. The molecule has 0 fully saturated rings. The monoisotopic (exact) mass is 240 g/mol. The molecule has 0 aliphatic rings. The van der Waals surface area contributed by atoms with Crippen molar-refractivity contribution in [3.8, 4) is 11.5 Å². The van der Waals surface area contributed by atoms with Crippen LogP contribution in [0.1, 0.15) is 11.3 Å². The predicted octanol–water partition coefficient (Wildman–Crippen LogP) is 1.93. The maximum atomic E-state index is 12.0. The Labute approximate surface area is 103 Å². The lowest BCUT2D eigenvalue weighted by Gasteiger charge is -2.03. The third-order valence-electron chi connectivity index (χ3n) is 2.99. The number of aryl methyl sites for hydroxylation is 2. The van der Waals surface area contributed by atoms with E-state index < -0.39 is 0 Å². The number of imidazole rings is 1. The summed E-state index contributed by atoms with van der Waals surface area (Å²) in [7, 11) is 0. The topological polar surface area (TPSA) is 74.4 Å². The number of H-pyrrole nitrogens is 2. The van der Waals surface area contributed by atoms with Crippen LogP contribution < -0.4 is 5.56 Å². The van der Waals surface area contributed by atoms with Crippen LogP contribution in [0.25, 0.3) is 22.4 Å². The molecule has 0 spiro atoms. The molecule has 3 rings (SSSR count). The Morgan fingerprint density at radius 3 is 2.78 bits per heavy atom. The second-order valence-electron chi connectivity index (χ2n) is 4.26. The molecule has 2 aromatic heterocycles. The van der Waals surface area contributed by atoms with Gasteiger partial charge in [-0.05, 0) is 25.5 Å². The Bertz CT molecular complexity index is 785. The number of aromatic nitrogens is 4. The van der Waals surface area contributed by atoms with Crippen LogP contribution in [-0.4, -0.2) is 19.9 Å². The van der Waals surface area contributed by atoms with Crippen LogP contribution in [0.5, 0.6) is 0 Å². The summed E-state index contributed by atoms with van der Waals surface area (Å²) >= 11 is 0. The van der Waals surface area contributed by atoms with Gasteiger partial charge in [-0.2, -0.15) is 0 Å². The maximum absolute atomic E-state index is 12.0. The van der Waals surface area contributed by atoms with E-state index in [9.17, 15) is 4.79 Å². The van der Waals surface area contributed by atoms with Gasteiger partial charge in [-0.15, -0.1) is 0 Å². The van der Waals surface area contributed by atoms with E-state index in [4.69, 9.17) is 0 Å². The Balaban J connectivity index is 2.37. The van der Waals surface area contributed by atoms with Crippen molar-refractivity contribution in [2.24, 2.45) is 0 Å². The summed E-state index contributed by atoms with van der Waals surface area (Å²) < 4.78 is 0. The van der Waals surface area contributed by atoms with E-state index in [1.54, 1.807) is 12.4 Å². The first-order valence-electron chi connectivity index (χ1n) is 5.67. The number of para-hydroxylation sites is 1. The van der Waals surface area contributed by atoms with Crippen molar-refractivity contribution >= 4 is 10.9 Å². The Hall–Kier alpha value is -2.43. The zero-order chi connectivity index (χ0) is 12.7. The molecule has 1 aromatic carbocycles. The van der Waals surface area contributed by atoms with Gasteiger partial charge in [-0.25, -0.2) is 9.97 Å². The SMILES string of the molecule is Cc1[nH]cnc1-c1nc2c(C)cccc2c(=O)[nH]1. The van der Waals surface area contributed by atoms with Gasteiger partial charge in [0, 0.05) is 5.69 Å². The van der Waals surface area contributed by atoms with Crippen molar-refractivity contribution in [2.75, 3.05) is 0 Å². The van der Waals surface area contributed by atoms with Crippen molar-refractivity contribution < 1.29 is 0 Å². The number of hydrogen-bond donors (Lipinski definition) is 2. The lowest BCUT2D eigenvalue weighted by molar-refractivity contribution is 1.14. The summed E-state index contributed by atoms with van der Waals surface area (Å²) in [4.78, 5) is 26.4. The van der Waals surface area contributed by atoms with Gasteiger partial charge in [0.15, 0.2) is 5.82 Å². The largest absolute Gasteiger partial charge is 0.348 e. The molecule has 0 aliphatic heterocycles. The fraction of sp³-hybridized carbons (Fsp3) is 0.154. The summed E-state index contributed by atoms with van der Waals surface area (Å²) in [5.74, 6) is 0.501. The van der Waals surface area contributed by atoms with Crippen LogP contribution >= 0.6 is 0 Å². The molecule has 5 heteroatoms. The predicted molar refractivity (Wildman–Crippen MR) is 69.4 cm³/mol. The Kier molecular flexibility index (Phi) is 2.26. The highest BCUT2D eigenvalue weighted by molar-refractivity contribution is 5.82. The van der Waals surface area contributed by atoms with E-state index in [0.717, 1.165) is 16.8 Å². The minimum atomic E-state index is -0.138. The average molecular weight is 240 g/mol. The minimum absolute atomic E-state index is 0.138. The number of nitrogens with one attached hydrogen (secondary N) is 2. The second kappa shape index (κ2) is 3.80. The molecular formula is C13H12N4O. The van der Waals surface area contributed by atoms with Crippen LogP contribution in [0.2, 0.25) is 0 Å².